The molecule has 4 nitrogen and oxygen atoms in total. The number of rotatable bonds is 3. The Morgan fingerprint density at radius 2 is 1.78 bits per heavy atom. The molecule has 4 rings (SSSR count). The van der Waals surface area contributed by atoms with Gasteiger partial charge in [-0.15, -0.1) is 0 Å². The summed E-state index contributed by atoms with van der Waals surface area (Å²) in [6, 6.07) is 5.08. The first-order valence-corrected chi connectivity index (χ1v) is 10.6. The fraction of sp³-hybridized carbons (Fsp3) is 0.682. The third-order valence-electron chi connectivity index (χ3n) is 6.86. The van der Waals surface area contributed by atoms with Gasteiger partial charge < -0.3 is 15.0 Å². The summed E-state index contributed by atoms with van der Waals surface area (Å²) in [7, 11) is 0. The molecule has 0 atom stereocenters. The predicted octanol–water partition coefficient (Wildman–Crippen LogP) is 4.29. The number of anilines is 1. The number of benzene rings is 1. The molecule has 27 heavy (non-hydrogen) atoms. The molecule has 2 aliphatic carbocycles. The first kappa shape index (κ1) is 18.7. The van der Waals surface area contributed by atoms with Crippen LogP contribution in [0.5, 0.6) is 0 Å². The average Bonchev–Trinajstić information content (AvgIpc) is 2.71. The van der Waals surface area contributed by atoms with Gasteiger partial charge >= 0.3 is 0 Å². The van der Waals surface area contributed by atoms with E-state index in [0.29, 0.717) is 43.0 Å². The van der Waals surface area contributed by atoms with E-state index in [1.807, 2.05) is 4.90 Å². The first-order chi connectivity index (χ1) is 13.2. The molecular weight excluding hydrogens is 343 g/mol. The van der Waals surface area contributed by atoms with Gasteiger partial charge in [-0.3, -0.25) is 4.79 Å². The van der Waals surface area contributed by atoms with Crippen molar-refractivity contribution in [2.45, 2.75) is 63.8 Å². The lowest BCUT2D eigenvalue weighted by Gasteiger charge is -2.43. The molecule has 1 N–H and O–H groups in total. The smallest absolute Gasteiger partial charge is 0.251 e. The molecule has 1 heterocycles. The highest BCUT2D eigenvalue weighted by Crippen LogP contribution is 2.47. The summed E-state index contributed by atoms with van der Waals surface area (Å²) >= 11 is 0. The van der Waals surface area contributed by atoms with E-state index in [1.165, 1.54) is 51.0 Å². The Bertz CT molecular complexity index is 656. The lowest BCUT2D eigenvalue weighted by Crippen LogP contribution is -2.41. The van der Waals surface area contributed by atoms with Crippen molar-refractivity contribution in [2.75, 3.05) is 31.2 Å². The van der Waals surface area contributed by atoms with Crippen LogP contribution in [0.2, 0.25) is 0 Å². The molecule has 1 saturated heterocycles. The van der Waals surface area contributed by atoms with Crippen molar-refractivity contribution < 1.29 is 13.9 Å². The molecule has 1 aromatic rings. The minimum atomic E-state index is -0.325. The zero-order chi connectivity index (χ0) is 18.7. The van der Waals surface area contributed by atoms with Crippen LogP contribution in [0.25, 0.3) is 0 Å². The molecule has 1 spiro atoms. The van der Waals surface area contributed by atoms with Crippen molar-refractivity contribution >= 4 is 11.6 Å². The van der Waals surface area contributed by atoms with E-state index >= 15 is 0 Å². The number of carbonyl (C=O) groups excluding carboxylic acids is 1. The lowest BCUT2D eigenvalue weighted by atomic mass is 9.64. The van der Waals surface area contributed by atoms with E-state index in [1.54, 1.807) is 12.1 Å². The summed E-state index contributed by atoms with van der Waals surface area (Å²) in [6.07, 6.45) is 11.4. The van der Waals surface area contributed by atoms with Crippen molar-refractivity contribution in [3.05, 3.63) is 29.6 Å². The maximum Gasteiger partial charge on any atom is 0.251 e. The largest absolute Gasteiger partial charge is 0.378 e. The number of nitrogens with zero attached hydrogens (tertiary/aromatic N) is 1. The fourth-order valence-electron chi connectivity index (χ4n) is 5.15. The van der Waals surface area contributed by atoms with Gasteiger partial charge in [-0.05, 0) is 62.1 Å². The third-order valence-corrected chi connectivity index (χ3v) is 6.86. The molecule has 0 radical (unpaired) electrons. The Morgan fingerprint density at radius 1 is 1.07 bits per heavy atom. The molecule has 148 valence electrons. The molecule has 3 aliphatic rings. The van der Waals surface area contributed by atoms with E-state index in [2.05, 4.69) is 5.32 Å². The zero-order valence-corrected chi connectivity index (χ0v) is 16.1. The van der Waals surface area contributed by atoms with Gasteiger partial charge in [-0.2, -0.15) is 0 Å². The summed E-state index contributed by atoms with van der Waals surface area (Å²) in [4.78, 5) is 14.6. The van der Waals surface area contributed by atoms with Crippen LogP contribution < -0.4 is 10.2 Å². The fourth-order valence-corrected chi connectivity index (χ4v) is 5.15. The number of amides is 1. The van der Waals surface area contributed by atoms with Gasteiger partial charge in [0.1, 0.15) is 5.82 Å². The van der Waals surface area contributed by atoms with Crippen LogP contribution in [0.4, 0.5) is 10.1 Å². The highest BCUT2D eigenvalue weighted by Gasteiger charge is 2.36. The number of ether oxygens (including phenoxy) is 1. The summed E-state index contributed by atoms with van der Waals surface area (Å²) < 4.78 is 19.9. The first-order valence-electron chi connectivity index (χ1n) is 10.6. The Labute approximate surface area is 161 Å². The van der Waals surface area contributed by atoms with Gasteiger partial charge in [0.25, 0.3) is 5.91 Å². The van der Waals surface area contributed by atoms with Gasteiger partial charge in [0, 0.05) is 24.7 Å². The highest BCUT2D eigenvalue weighted by molar-refractivity contribution is 5.94. The Hall–Kier alpha value is -1.62. The van der Waals surface area contributed by atoms with Gasteiger partial charge in [0.15, 0.2) is 0 Å². The molecule has 1 aliphatic heterocycles. The van der Waals surface area contributed by atoms with Crippen molar-refractivity contribution in [1.29, 1.82) is 0 Å². The van der Waals surface area contributed by atoms with E-state index in [9.17, 15) is 9.18 Å². The topological polar surface area (TPSA) is 41.6 Å². The molecule has 1 aromatic carbocycles. The van der Waals surface area contributed by atoms with Gasteiger partial charge in [0.2, 0.25) is 0 Å². The number of carbonyl (C=O) groups is 1. The average molecular weight is 375 g/mol. The maximum absolute atomic E-state index is 14.5. The van der Waals surface area contributed by atoms with Crippen molar-refractivity contribution in [1.82, 2.24) is 5.32 Å². The molecule has 1 amide bonds. The van der Waals surface area contributed by atoms with Crippen molar-refractivity contribution in [2.24, 2.45) is 5.41 Å². The molecule has 0 unspecified atom stereocenters. The van der Waals surface area contributed by atoms with Crippen LogP contribution >= 0.6 is 0 Å². The number of halogens is 1. The summed E-state index contributed by atoms with van der Waals surface area (Å²) in [5.41, 5.74) is 1.53. The van der Waals surface area contributed by atoms with E-state index in [-0.39, 0.29) is 17.8 Å². The second kappa shape index (κ2) is 8.17. The van der Waals surface area contributed by atoms with Gasteiger partial charge in [-0.25, -0.2) is 4.39 Å². The SMILES string of the molecule is O=C(NC1CCC2(CCCCC2)CC1)c1ccc(N2CCOCC2)c(F)c1. The van der Waals surface area contributed by atoms with E-state index in [0.717, 1.165) is 12.8 Å². The summed E-state index contributed by atoms with van der Waals surface area (Å²) in [5.74, 6) is -0.471. The second-order valence-electron chi connectivity index (χ2n) is 8.57. The summed E-state index contributed by atoms with van der Waals surface area (Å²) in [6.45, 7) is 2.61. The zero-order valence-electron chi connectivity index (χ0n) is 16.1. The third kappa shape index (κ3) is 4.29. The van der Waals surface area contributed by atoms with E-state index < -0.39 is 0 Å². The molecule has 0 bridgehead atoms. The number of nitrogens with one attached hydrogen (secondary N) is 1. The molecule has 3 fully saturated rings. The Morgan fingerprint density at radius 3 is 2.44 bits per heavy atom. The standard InChI is InChI=1S/C22H31FN2O2/c23-19-16-17(4-5-20(19)25-12-14-27-15-13-25)21(26)24-18-6-10-22(11-7-18)8-2-1-3-9-22/h4-5,16,18H,1-3,6-15H2,(H,24,26). The van der Waals surface area contributed by atoms with Gasteiger partial charge in [-0.1, -0.05) is 19.3 Å². The maximum atomic E-state index is 14.5. The normalized spacial score (nSPS) is 23.4. The lowest BCUT2D eigenvalue weighted by molar-refractivity contribution is 0.0835. The molecule has 5 heteroatoms. The molecule has 2 saturated carbocycles. The van der Waals surface area contributed by atoms with Crippen molar-refractivity contribution in [3.63, 3.8) is 0 Å². The number of hydrogen-bond acceptors (Lipinski definition) is 3. The van der Waals surface area contributed by atoms with E-state index in [4.69, 9.17) is 4.74 Å². The Balaban J connectivity index is 1.34. The minimum Gasteiger partial charge on any atom is -0.378 e. The number of morpholine rings is 1. The number of hydrogen-bond donors (Lipinski definition) is 1. The summed E-state index contributed by atoms with van der Waals surface area (Å²) in [5, 5.41) is 3.14. The highest BCUT2D eigenvalue weighted by atomic mass is 19.1. The van der Waals surface area contributed by atoms with Crippen LogP contribution in [0.15, 0.2) is 18.2 Å². The Kier molecular flexibility index (Phi) is 5.67. The monoisotopic (exact) mass is 374 g/mol. The van der Waals surface area contributed by atoms with Gasteiger partial charge in [0.05, 0.1) is 18.9 Å². The predicted molar refractivity (Wildman–Crippen MR) is 105 cm³/mol. The minimum absolute atomic E-state index is 0.146. The quantitative estimate of drug-likeness (QED) is 0.858. The second-order valence-corrected chi connectivity index (χ2v) is 8.57. The van der Waals surface area contributed by atoms with Crippen LogP contribution in [-0.4, -0.2) is 38.3 Å². The van der Waals surface area contributed by atoms with Crippen LogP contribution in [0.3, 0.4) is 0 Å². The molecular formula is C22H31FN2O2. The molecule has 0 aromatic heterocycles. The van der Waals surface area contributed by atoms with Crippen LogP contribution in [-0.2, 0) is 4.74 Å². The van der Waals surface area contributed by atoms with Crippen LogP contribution in [0.1, 0.15) is 68.1 Å². The van der Waals surface area contributed by atoms with Crippen LogP contribution in [0, 0.1) is 11.2 Å². The van der Waals surface area contributed by atoms with Crippen molar-refractivity contribution in [3.8, 4) is 0 Å².